The minimum atomic E-state index is -0.298. The van der Waals surface area contributed by atoms with Crippen LogP contribution in [0.3, 0.4) is 0 Å². The van der Waals surface area contributed by atoms with Crippen molar-refractivity contribution in [3.05, 3.63) is 24.0 Å². The fraction of sp³-hybridized carbons (Fsp3) is 0.571. The maximum Gasteiger partial charge on any atom is 0.125 e. The summed E-state index contributed by atoms with van der Waals surface area (Å²) in [6.07, 6.45) is 5.59. The van der Waals surface area contributed by atoms with Crippen molar-refractivity contribution >= 4 is 11.4 Å². The predicted octanol–water partition coefficient (Wildman–Crippen LogP) is 2.76. The molecule has 18 heavy (non-hydrogen) atoms. The predicted molar refractivity (Wildman–Crippen MR) is 71.9 cm³/mol. The van der Waals surface area contributed by atoms with E-state index in [4.69, 9.17) is 5.73 Å². The Morgan fingerprint density at radius 2 is 2.00 bits per heavy atom. The zero-order valence-corrected chi connectivity index (χ0v) is 10.6. The molecule has 2 rings (SSSR count). The van der Waals surface area contributed by atoms with Gasteiger partial charge in [-0.05, 0) is 31.0 Å². The Hall–Kier alpha value is -1.29. The average molecular weight is 252 g/mol. The van der Waals surface area contributed by atoms with Crippen molar-refractivity contribution < 1.29 is 9.50 Å². The topological polar surface area (TPSA) is 58.3 Å². The molecule has 1 saturated carbocycles. The van der Waals surface area contributed by atoms with E-state index in [1.54, 1.807) is 6.07 Å². The molecule has 1 fully saturated rings. The monoisotopic (exact) mass is 252 g/mol. The molecule has 100 valence electrons. The molecule has 0 bridgehead atoms. The van der Waals surface area contributed by atoms with Crippen LogP contribution in [0, 0.1) is 11.2 Å². The normalized spacial score (nSPS) is 18.6. The van der Waals surface area contributed by atoms with Gasteiger partial charge in [-0.15, -0.1) is 0 Å². The first kappa shape index (κ1) is 13.1. The number of nitrogens with two attached hydrogens (primary N) is 1. The van der Waals surface area contributed by atoms with Gasteiger partial charge in [0.05, 0.1) is 18.0 Å². The van der Waals surface area contributed by atoms with Gasteiger partial charge in [0.25, 0.3) is 0 Å². The van der Waals surface area contributed by atoms with E-state index in [1.807, 2.05) is 0 Å². The molecule has 1 aromatic carbocycles. The van der Waals surface area contributed by atoms with Crippen molar-refractivity contribution in [2.24, 2.45) is 5.41 Å². The second-order valence-electron chi connectivity index (χ2n) is 5.30. The van der Waals surface area contributed by atoms with E-state index in [9.17, 15) is 9.50 Å². The van der Waals surface area contributed by atoms with Gasteiger partial charge in [0.2, 0.25) is 0 Å². The third-order valence-electron chi connectivity index (χ3n) is 3.92. The van der Waals surface area contributed by atoms with Gasteiger partial charge in [-0.2, -0.15) is 0 Å². The van der Waals surface area contributed by atoms with Gasteiger partial charge in [-0.3, -0.25) is 0 Å². The van der Waals surface area contributed by atoms with Crippen molar-refractivity contribution in [1.82, 2.24) is 0 Å². The summed E-state index contributed by atoms with van der Waals surface area (Å²) in [6.45, 7) is 0.826. The van der Waals surface area contributed by atoms with Gasteiger partial charge in [-0.1, -0.05) is 19.3 Å². The fourth-order valence-corrected chi connectivity index (χ4v) is 2.66. The van der Waals surface area contributed by atoms with E-state index in [1.165, 1.54) is 18.6 Å². The van der Waals surface area contributed by atoms with Crippen LogP contribution in [-0.2, 0) is 0 Å². The lowest BCUT2D eigenvalue weighted by Gasteiger charge is -2.36. The third kappa shape index (κ3) is 2.93. The van der Waals surface area contributed by atoms with Crippen LogP contribution in [0.1, 0.15) is 32.1 Å². The zero-order valence-electron chi connectivity index (χ0n) is 10.6. The Morgan fingerprint density at radius 1 is 1.28 bits per heavy atom. The minimum absolute atomic E-state index is 0.0724. The minimum Gasteiger partial charge on any atom is -0.397 e. The second kappa shape index (κ2) is 5.57. The molecule has 0 spiro atoms. The number of anilines is 2. The van der Waals surface area contributed by atoms with Crippen LogP contribution < -0.4 is 11.1 Å². The van der Waals surface area contributed by atoms with Crippen LogP contribution in [0.15, 0.2) is 18.2 Å². The van der Waals surface area contributed by atoms with Gasteiger partial charge in [-0.25, -0.2) is 4.39 Å². The third-order valence-corrected chi connectivity index (χ3v) is 3.92. The van der Waals surface area contributed by atoms with E-state index >= 15 is 0 Å². The highest BCUT2D eigenvalue weighted by molar-refractivity contribution is 5.65. The number of rotatable bonds is 4. The molecule has 1 aliphatic rings. The van der Waals surface area contributed by atoms with Gasteiger partial charge in [0, 0.05) is 12.0 Å². The van der Waals surface area contributed by atoms with Crippen LogP contribution in [0.5, 0.6) is 0 Å². The Balaban J connectivity index is 2.03. The van der Waals surface area contributed by atoms with Crippen LogP contribution in [0.4, 0.5) is 15.8 Å². The summed E-state index contributed by atoms with van der Waals surface area (Å²) in [7, 11) is 0. The summed E-state index contributed by atoms with van der Waals surface area (Å²) < 4.78 is 13.1. The molecule has 1 aromatic rings. The lowest BCUT2D eigenvalue weighted by molar-refractivity contribution is 0.0944. The fourth-order valence-electron chi connectivity index (χ4n) is 2.66. The van der Waals surface area contributed by atoms with E-state index in [-0.39, 0.29) is 17.8 Å². The summed E-state index contributed by atoms with van der Waals surface area (Å²) in [5, 5.41) is 12.8. The quantitative estimate of drug-likeness (QED) is 0.722. The average Bonchev–Trinajstić information content (AvgIpc) is 2.41. The molecule has 0 heterocycles. The molecule has 0 radical (unpaired) electrons. The Kier molecular flexibility index (Phi) is 4.07. The summed E-state index contributed by atoms with van der Waals surface area (Å²) in [6, 6.07) is 4.32. The molecule has 1 aliphatic carbocycles. The molecule has 0 saturated heterocycles. The van der Waals surface area contributed by atoms with E-state index in [2.05, 4.69) is 5.32 Å². The lowest BCUT2D eigenvalue weighted by atomic mass is 9.74. The molecule has 0 aromatic heterocycles. The van der Waals surface area contributed by atoms with Gasteiger partial charge in [0.15, 0.2) is 0 Å². The van der Waals surface area contributed by atoms with Crippen molar-refractivity contribution in [1.29, 1.82) is 0 Å². The summed E-state index contributed by atoms with van der Waals surface area (Å²) in [4.78, 5) is 0. The molecular formula is C14H21FN2O. The van der Waals surface area contributed by atoms with Crippen molar-refractivity contribution in [2.45, 2.75) is 32.1 Å². The lowest BCUT2D eigenvalue weighted by Crippen LogP contribution is -2.35. The first-order chi connectivity index (χ1) is 8.65. The number of halogens is 1. The smallest absolute Gasteiger partial charge is 0.125 e. The summed E-state index contributed by atoms with van der Waals surface area (Å²) in [5.41, 5.74) is 6.89. The molecular weight excluding hydrogens is 231 g/mol. The number of aliphatic hydroxyl groups is 1. The number of aliphatic hydroxyl groups excluding tert-OH is 1. The number of hydrogen-bond acceptors (Lipinski definition) is 3. The summed E-state index contributed by atoms with van der Waals surface area (Å²) >= 11 is 0. The molecule has 0 unspecified atom stereocenters. The molecule has 4 N–H and O–H groups in total. The summed E-state index contributed by atoms with van der Waals surface area (Å²) in [5.74, 6) is -0.298. The Bertz CT molecular complexity index is 403. The second-order valence-corrected chi connectivity index (χ2v) is 5.30. The Labute approximate surface area is 107 Å². The highest BCUT2D eigenvalue weighted by Gasteiger charge is 2.31. The van der Waals surface area contributed by atoms with Gasteiger partial charge >= 0.3 is 0 Å². The Morgan fingerprint density at radius 3 is 2.67 bits per heavy atom. The van der Waals surface area contributed by atoms with E-state index in [0.29, 0.717) is 17.9 Å². The highest BCUT2D eigenvalue weighted by Crippen LogP contribution is 2.36. The number of hydrogen-bond donors (Lipinski definition) is 3. The van der Waals surface area contributed by atoms with Crippen LogP contribution in [0.25, 0.3) is 0 Å². The van der Waals surface area contributed by atoms with E-state index in [0.717, 1.165) is 25.7 Å². The van der Waals surface area contributed by atoms with Crippen LogP contribution in [-0.4, -0.2) is 18.3 Å². The van der Waals surface area contributed by atoms with E-state index < -0.39 is 0 Å². The molecule has 0 aliphatic heterocycles. The number of nitrogen functional groups attached to an aromatic ring is 1. The van der Waals surface area contributed by atoms with Crippen LogP contribution >= 0.6 is 0 Å². The molecule has 4 heteroatoms. The molecule has 3 nitrogen and oxygen atoms in total. The molecule has 0 amide bonds. The maximum absolute atomic E-state index is 13.1. The van der Waals surface area contributed by atoms with Crippen molar-refractivity contribution in [3.8, 4) is 0 Å². The number of benzene rings is 1. The standard InChI is InChI=1S/C14H21FN2O/c15-11-4-5-12(16)13(8-11)17-9-14(10-18)6-2-1-3-7-14/h4-5,8,17-18H,1-3,6-7,9-10,16H2. The SMILES string of the molecule is Nc1ccc(F)cc1NCC1(CO)CCCCC1. The number of nitrogens with one attached hydrogen (secondary N) is 1. The largest absolute Gasteiger partial charge is 0.397 e. The van der Waals surface area contributed by atoms with Crippen molar-refractivity contribution in [3.63, 3.8) is 0 Å². The van der Waals surface area contributed by atoms with Crippen LogP contribution in [0.2, 0.25) is 0 Å². The van der Waals surface area contributed by atoms with Gasteiger partial charge in [0.1, 0.15) is 5.82 Å². The first-order valence-corrected chi connectivity index (χ1v) is 6.55. The molecule has 0 atom stereocenters. The maximum atomic E-state index is 13.1. The van der Waals surface area contributed by atoms with Crippen molar-refractivity contribution in [2.75, 3.05) is 24.2 Å². The highest BCUT2D eigenvalue weighted by atomic mass is 19.1. The first-order valence-electron chi connectivity index (χ1n) is 6.55. The van der Waals surface area contributed by atoms with Gasteiger partial charge < -0.3 is 16.2 Å². The zero-order chi connectivity index (χ0) is 13.0.